The van der Waals surface area contributed by atoms with Crippen LogP contribution in [0.2, 0.25) is 0 Å². The van der Waals surface area contributed by atoms with E-state index in [-0.39, 0.29) is 11.7 Å². The molecule has 0 aliphatic carbocycles. The molecule has 2 heterocycles. The summed E-state index contributed by atoms with van der Waals surface area (Å²) in [6.07, 6.45) is 1.06. The summed E-state index contributed by atoms with van der Waals surface area (Å²) in [5, 5.41) is 6.02. The molecule has 0 fully saturated rings. The lowest BCUT2D eigenvalue weighted by Gasteiger charge is -2.19. The molecule has 0 radical (unpaired) electrons. The van der Waals surface area contributed by atoms with Crippen LogP contribution in [0.3, 0.4) is 0 Å². The standard InChI is InChI=1S/C14H11ClFNOS/c15-14(9-3-4-19-7-9)10-5-8-1-2-13(18)17-12(8)6-11(10)16/h3-7,14H,1-2H2,(H,17,18). The number of thiophene rings is 1. The van der Waals surface area contributed by atoms with E-state index in [9.17, 15) is 9.18 Å². The van der Waals surface area contributed by atoms with Crippen LogP contribution in [-0.2, 0) is 11.2 Å². The number of aryl methyl sites for hydroxylation is 1. The van der Waals surface area contributed by atoms with E-state index in [4.69, 9.17) is 11.6 Å². The van der Waals surface area contributed by atoms with E-state index in [2.05, 4.69) is 5.32 Å². The molecule has 0 saturated carbocycles. The lowest BCUT2D eigenvalue weighted by molar-refractivity contribution is -0.116. The molecule has 0 saturated heterocycles. The van der Waals surface area contributed by atoms with Crippen molar-refractivity contribution in [1.29, 1.82) is 0 Å². The van der Waals surface area contributed by atoms with Crippen molar-refractivity contribution in [3.8, 4) is 0 Å². The van der Waals surface area contributed by atoms with Gasteiger partial charge in [0.25, 0.3) is 0 Å². The number of fused-ring (bicyclic) bond motifs is 1. The summed E-state index contributed by atoms with van der Waals surface area (Å²) < 4.78 is 14.1. The summed E-state index contributed by atoms with van der Waals surface area (Å²) in [5.74, 6) is -0.452. The van der Waals surface area contributed by atoms with E-state index in [1.165, 1.54) is 17.4 Å². The number of benzene rings is 1. The van der Waals surface area contributed by atoms with Gasteiger partial charge in [-0.1, -0.05) is 0 Å². The molecule has 3 rings (SSSR count). The van der Waals surface area contributed by atoms with E-state index < -0.39 is 5.38 Å². The maximum absolute atomic E-state index is 14.1. The first-order valence-corrected chi connectivity index (χ1v) is 7.31. The molecule has 1 N–H and O–H groups in total. The van der Waals surface area contributed by atoms with Crippen LogP contribution < -0.4 is 5.32 Å². The van der Waals surface area contributed by atoms with Gasteiger partial charge in [-0.15, -0.1) is 11.6 Å². The molecule has 1 aliphatic heterocycles. The number of carbonyl (C=O) groups is 1. The number of alkyl halides is 1. The summed E-state index contributed by atoms with van der Waals surface area (Å²) in [6, 6.07) is 5.02. The molecule has 1 unspecified atom stereocenters. The van der Waals surface area contributed by atoms with Gasteiger partial charge >= 0.3 is 0 Å². The van der Waals surface area contributed by atoms with Gasteiger partial charge in [-0.2, -0.15) is 11.3 Å². The second-order valence-electron chi connectivity index (χ2n) is 4.50. The van der Waals surface area contributed by atoms with Gasteiger partial charge in [0, 0.05) is 17.7 Å². The van der Waals surface area contributed by atoms with Crippen LogP contribution in [0, 0.1) is 5.82 Å². The van der Waals surface area contributed by atoms with Crippen molar-refractivity contribution in [2.24, 2.45) is 0 Å². The SMILES string of the molecule is O=C1CCc2cc(C(Cl)c3ccsc3)c(F)cc2N1. The number of hydrogen-bond acceptors (Lipinski definition) is 2. The minimum Gasteiger partial charge on any atom is -0.326 e. The maximum Gasteiger partial charge on any atom is 0.224 e. The summed E-state index contributed by atoms with van der Waals surface area (Å²) in [5.41, 5.74) is 2.86. The molecule has 1 aliphatic rings. The first kappa shape index (κ1) is 12.6. The zero-order valence-electron chi connectivity index (χ0n) is 9.95. The molecular weight excluding hydrogens is 285 g/mol. The quantitative estimate of drug-likeness (QED) is 0.830. The van der Waals surface area contributed by atoms with E-state index in [1.807, 2.05) is 16.8 Å². The first-order valence-electron chi connectivity index (χ1n) is 5.93. The van der Waals surface area contributed by atoms with Gasteiger partial charge in [-0.3, -0.25) is 4.79 Å². The molecule has 1 aromatic carbocycles. The number of rotatable bonds is 2. The van der Waals surface area contributed by atoms with Crippen molar-refractivity contribution in [3.05, 3.63) is 51.5 Å². The van der Waals surface area contributed by atoms with Gasteiger partial charge in [0.1, 0.15) is 5.82 Å². The highest BCUT2D eigenvalue weighted by atomic mass is 35.5. The zero-order chi connectivity index (χ0) is 13.4. The highest BCUT2D eigenvalue weighted by Gasteiger charge is 2.21. The van der Waals surface area contributed by atoms with Gasteiger partial charge in [0.2, 0.25) is 5.91 Å². The van der Waals surface area contributed by atoms with Crippen LogP contribution in [-0.4, -0.2) is 5.91 Å². The number of anilines is 1. The molecule has 0 spiro atoms. The van der Waals surface area contributed by atoms with Crippen LogP contribution in [0.5, 0.6) is 0 Å². The summed E-state index contributed by atoms with van der Waals surface area (Å²) >= 11 is 7.86. The third-order valence-electron chi connectivity index (χ3n) is 3.23. The monoisotopic (exact) mass is 295 g/mol. The summed E-state index contributed by atoms with van der Waals surface area (Å²) in [6.45, 7) is 0. The molecule has 2 nitrogen and oxygen atoms in total. The molecule has 1 amide bonds. The fraction of sp³-hybridized carbons (Fsp3) is 0.214. The van der Waals surface area contributed by atoms with Gasteiger partial charge in [0.15, 0.2) is 0 Å². The predicted molar refractivity (Wildman–Crippen MR) is 75.4 cm³/mol. The number of hydrogen-bond donors (Lipinski definition) is 1. The first-order chi connectivity index (χ1) is 9.15. The van der Waals surface area contributed by atoms with Crippen LogP contribution >= 0.6 is 22.9 Å². The van der Waals surface area contributed by atoms with Crippen molar-refractivity contribution in [2.75, 3.05) is 5.32 Å². The highest BCUT2D eigenvalue weighted by molar-refractivity contribution is 7.08. The Kier molecular flexibility index (Phi) is 3.29. The van der Waals surface area contributed by atoms with Crippen molar-refractivity contribution >= 4 is 34.5 Å². The van der Waals surface area contributed by atoms with Crippen LogP contribution in [0.4, 0.5) is 10.1 Å². The third kappa shape index (κ3) is 2.38. The number of halogens is 2. The molecular formula is C14H11ClFNOS. The molecule has 1 aromatic heterocycles. The van der Waals surface area contributed by atoms with Gasteiger partial charge in [0.05, 0.1) is 5.38 Å². The van der Waals surface area contributed by atoms with Crippen molar-refractivity contribution < 1.29 is 9.18 Å². The van der Waals surface area contributed by atoms with Crippen molar-refractivity contribution in [1.82, 2.24) is 0 Å². The predicted octanol–water partition coefficient (Wildman–Crippen LogP) is 4.10. The molecule has 1 atom stereocenters. The maximum atomic E-state index is 14.1. The van der Waals surface area contributed by atoms with Crippen molar-refractivity contribution in [2.45, 2.75) is 18.2 Å². The Morgan fingerprint density at radius 2 is 2.21 bits per heavy atom. The molecule has 0 bridgehead atoms. The Labute approximate surface area is 119 Å². The average molecular weight is 296 g/mol. The van der Waals surface area contributed by atoms with Gasteiger partial charge in [-0.05, 0) is 46.5 Å². The van der Waals surface area contributed by atoms with E-state index in [1.54, 1.807) is 6.07 Å². The Morgan fingerprint density at radius 3 is 2.95 bits per heavy atom. The number of carbonyl (C=O) groups excluding carboxylic acids is 1. The van der Waals surface area contributed by atoms with Crippen LogP contribution in [0.15, 0.2) is 29.0 Å². The molecule has 19 heavy (non-hydrogen) atoms. The van der Waals surface area contributed by atoms with Crippen molar-refractivity contribution in [3.63, 3.8) is 0 Å². The Morgan fingerprint density at radius 1 is 1.37 bits per heavy atom. The smallest absolute Gasteiger partial charge is 0.224 e. The second-order valence-corrected chi connectivity index (χ2v) is 5.71. The zero-order valence-corrected chi connectivity index (χ0v) is 11.5. The molecule has 2 aromatic rings. The lowest BCUT2D eigenvalue weighted by atomic mass is 9.97. The highest BCUT2D eigenvalue weighted by Crippen LogP contribution is 2.35. The topological polar surface area (TPSA) is 29.1 Å². The summed E-state index contributed by atoms with van der Waals surface area (Å²) in [4.78, 5) is 11.3. The normalized spacial score (nSPS) is 15.8. The van der Waals surface area contributed by atoms with Gasteiger partial charge in [-0.25, -0.2) is 4.39 Å². The number of nitrogens with one attached hydrogen (secondary N) is 1. The van der Waals surface area contributed by atoms with E-state index in [0.29, 0.717) is 24.1 Å². The van der Waals surface area contributed by atoms with E-state index in [0.717, 1.165) is 11.1 Å². The Hall–Kier alpha value is -1.39. The van der Waals surface area contributed by atoms with E-state index >= 15 is 0 Å². The summed E-state index contributed by atoms with van der Waals surface area (Å²) in [7, 11) is 0. The molecule has 5 heteroatoms. The number of amides is 1. The minimum absolute atomic E-state index is 0.0695. The third-order valence-corrected chi connectivity index (χ3v) is 4.42. The Bertz CT molecular complexity index is 627. The fourth-order valence-corrected chi connectivity index (χ4v) is 3.28. The fourth-order valence-electron chi connectivity index (χ4n) is 2.21. The second kappa shape index (κ2) is 4.94. The van der Waals surface area contributed by atoms with Gasteiger partial charge < -0.3 is 5.32 Å². The van der Waals surface area contributed by atoms with Crippen LogP contribution in [0.1, 0.15) is 28.5 Å². The minimum atomic E-state index is -0.492. The average Bonchev–Trinajstić information content (AvgIpc) is 2.91. The van der Waals surface area contributed by atoms with Crippen LogP contribution in [0.25, 0.3) is 0 Å². The lowest BCUT2D eigenvalue weighted by Crippen LogP contribution is -2.19. The molecule has 98 valence electrons. The Balaban J connectivity index is 2.01. The largest absolute Gasteiger partial charge is 0.326 e.